The molecule has 2 aromatic rings. The fourth-order valence-electron chi connectivity index (χ4n) is 2.93. The predicted octanol–water partition coefficient (Wildman–Crippen LogP) is 3.42. The molecule has 0 heterocycles. The minimum absolute atomic E-state index is 0.109. The Kier molecular flexibility index (Phi) is 3.82. The van der Waals surface area contributed by atoms with Crippen LogP contribution in [0, 0.1) is 0 Å². The molecule has 1 amide bonds. The molecule has 0 bridgehead atoms. The van der Waals surface area contributed by atoms with E-state index in [0.717, 1.165) is 24.8 Å². The molecule has 0 aliphatic heterocycles. The van der Waals surface area contributed by atoms with Gasteiger partial charge in [0.05, 0.1) is 12.5 Å². The van der Waals surface area contributed by atoms with E-state index in [9.17, 15) is 4.79 Å². The van der Waals surface area contributed by atoms with E-state index in [-0.39, 0.29) is 11.9 Å². The maximum atomic E-state index is 12.2. The van der Waals surface area contributed by atoms with Crippen LogP contribution in [0.2, 0.25) is 0 Å². The van der Waals surface area contributed by atoms with Gasteiger partial charge >= 0.3 is 0 Å². The maximum Gasteiger partial charge on any atom is 0.224 e. The lowest BCUT2D eigenvalue weighted by molar-refractivity contribution is -0.121. The Morgan fingerprint density at radius 2 is 1.80 bits per heavy atom. The highest BCUT2D eigenvalue weighted by molar-refractivity contribution is 5.79. The van der Waals surface area contributed by atoms with E-state index in [1.54, 1.807) is 0 Å². The monoisotopic (exact) mass is 265 g/mol. The number of aryl methyl sites for hydroxylation is 1. The number of benzene rings is 2. The van der Waals surface area contributed by atoms with Crippen LogP contribution < -0.4 is 5.32 Å². The molecule has 1 N–H and O–H groups in total. The van der Waals surface area contributed by atoms with Crippen LogP contribution >= 0.6 is 0 Å². The first kappa shape index (κ1) is 12.9. The summed E-state index contributed by atoms with van der Waals surface area (Å²) in [5.41, 5.74) is 3.73. The number of fused-ring (bicyclic) bond motifs is 1. The van der Waals surface area contributed by atoms with Crippen molar-refractivity contribution in [2.75, 3.05) is 0 Å². The van der Waals surface area contributed by atoms with Crippen LogP contribution in [0.4, 0.5) is 0 Å². The molecule has 1 atom stereocenters. The zero-order valence-corrected chi connectivity index (χ0v) is 11.5. The summed E-state index contributed by atoms with van der Waals surface area (Å²) in [5.74, 6) is 0.109. The molecule has 0 fully saturated rings. The number of amides is 1. The highest BCUT2D eigenvalue weighted by atomic mass is 16.1. The molecule has 0 aromatic heterocycles. The van der Waals surface area contributed by atoms with Crippen molar-refractivity contribution in [2.45, 2.75) is 31.7 Å². The molecule has 20 heavy (non-hydrogen) atoms. The van der Waals surface area contributed by atoms with Gasteiger partial charge in [-0.1, -0.05) is 54.6 Å². The highest BCUT2D eigenvalue weighted by Gasteiger charge is 2.21. The number of rotatable bonds is 3. The van der Waals surface area contributed by atoms with Gasteiger partial charge in [0.25, 0.3) is 0 Å². The summed E-state index contributed by atoms with van der Waals surface area (Å²) in [7, 11) is 0. The average molecular weight is 265 g/mol. The van der Waals surface area contributed by atoms with Crippen LogP contribution in [0.1, 0.15) is 35.6 Å². The minimum Gasteiger partial charge on any atom is -0.349 e. The van der Waals surface area contributed by atoms with E-state index in [0.29, 0.717) is 6.42 Å². The fraction of sp³-hybridized carbons (Fsp3) is 0.278. The van der Waals surface area contributed by atoms with E-state index in [1.807, 2.05) is 30.3 Å². The van der Waals surface area contributed by atoms with Gasteiger partial charge in [0.15, 0.2) is 0 Å². The molecule has 0 saturated heterocycles. The van der Waals surface area contributed by atoms with Gasteiger partial charge in [0.2, 0.25) is 5.91 Å². The smallest absolute Gasteiger partial charge is 0.224 e. The standard InChI is InChI=1S/C18H19NO/c20-18(13-14-7-2-1-3-8-14)19-17-12-6-10-15-9-4-5-11-16(15)17/h1-5,7-9,11,17H,6,10,12-13H2,(H,19,20)/t17-/m1/s1. The lowest BCUT2D eigenvalue weighted by Gasteiger charge is -2.26. The number of carbonyl (C=O) groups is 1. The van der Waals surface area contributed by atoms with Crippen LogP contribution in [0.3, 0.4) is 0 Å². The van der Waals surface area contributed by atoms with Crippen molar-refractivity contribution >= 4 is 5.91 Å². The Balaban J connectivity index is 1.68. The van der Waals surface area contributed by atoms with Gasteiger partial charge in [0.1, 0.15) is 0 Å². The van der Waals surface area contributed by atoms with E-state index >= 15 is 0 Å². The van der Waals surface area contributed by atoms with Gasteiger partial charge in [-0.3, -0.25) is 4.79 Å². The number of hydrogen-bond acceptors (Lipinski definition) is 1. The second-order valence-electron chi connectivity index (χ2n) is 5.37. The van der Waals surface area contributed by atoms with E-state index in [4.69, 9.17) is 0 Å². The van der Waals surface area contributed by atoms with E-state index < -0.39 is 0 Å². The molecular weight excluding hydrogens is 246 g/mol. The molecule has 0 saturated carbocycles. The largest absolute Gasteiger partial charge is 0.349 e. The summed E-state index contributed by atoms with van der Waals surface area (Å²) < 4.78 is 0. The lowest BCUT2D eigenvalue weighted by Crippen LogP contribution is -2.32. The quantitative estimate of drug-likeness (QED) is 0.905. The van der Waals surface area contributed by atoms with Crippen molar-refractivity contribution in [1.29, 1.82) is 0 Å². The second kappa shape index (κ2) is 5.91. The molecule has 0 radical (unpaired) electrons. The third kappa shape index (κ3) is 2.90. The molecule has 0 spiro atoms. The van der Waals surface area contributed by atoms with Gasteiger partial charge in [-0.25, -0.2) is 0 Å². The van der Waals surface area contributed by atoms with Gasteiger partial charge in [-0.2, -0.15) is 0 Å². The normalized spacial score (nSPS) is 17.3. The SMILES string of the molecule is O=C(Cc1ccccc1)N[C@@H]1CCCc2ccccc21. The number of nitrogens with one attached hydrogen (secondary N) is 1. The van der Waals surface area contributed by atoms with Crippen LogP contribution in [-0.2, 0) is 17.6 Å². The molecule has 1 aliphatic carbocycles. The lowest BCUT2D eigenvalue weighted by atomic mass is 9.87. The summed E-state index contributed by atoms with van der Waals surface area (Å²) >= 11 is 0. The number of carbonyl (C=O) groups excluding carboxylic acids is 1. The Bertz CT molecular complexity index is 591. The van der Waals surface area contributed by atoms with Crippen LogP contribution in [0.5, 0.6) is 0 Å². The summed E-state index contributed by atoms with van der Waals surface area (Å²) in [6, 6.07) is 18.5. The predicted molar refractivity (Wildman–Crippen MR) is 80.4 cm³/mol. The first-order valence-electron chi connectivity index (χ1n) is 7.24. The van der Waals surface area contributed by atoms with Crippen molar-refractivity contribution in [3.63, 3.8) is 0 Å². The molecule has 2 nitrogen and oxygen atoms in total. The Labute approximate surface area is 119 Å². The van der Waals surface area contributed by atoms with Crippen LogP contribution in [0.25, 0.3) is 0 Å². The van der Waals surface area contributed by atoms with Gasteiger partial charge in [0, 0.05) is 0 Å². The maximum absolute atomic E-state index is 12.2. The zero-order valence-electron chi connectivity index (χ0n) is 11.5. The van der Waals surface area contributed by atoms with Gasteiger partial charge in [-0.15, -0.1) is 0 Å². The summed E-state index contributed by atoms with van der Waals surface area (Å²) in [5, 5.41) is 3.18. The van der Waals surface area contributed by atoms with E-state index in [1.165, 1.54) is 11.1 Å². The van der Waals surface area contributed by atoms with Crippen LogP contribution in [-0.4, -0.2) is 5.91 Å². The number of hydrogen-bond donors (Lipinski definition) is 1. The molecule has 2 aromatic carbocycles. The van der Waals surface area contributed by atoms with Crippen molar-refractivity contribution in [2.24, 2.45) is 0 Å². The van der Waals surface area contributed by atoms with Crippen molar-refractivity contribution in [3.05, 3.63) is 71.3 Å². The van der Waals surface area contributed by atoms with Crippen molar-refractivity contribution < 1.29 is 4.79 Å². The summed E-state index contributed by atoms with van der Waals surface area (Å²) in [6.07, 6.45) is 3.77. The van der Waals surface area contributed by atoms with Crippen LogP contribution in [0.15, 0.2) is 54.6 Å². The average Bonchev–Trinajstić information content (AvgIpc) is 2.48. The first-order valence-corrected chi connectivity index (χ1v) is 7.24. The highest BCUT2D eigenvalue weighted by Crippen LogP contribution is 2.29. The zero-order chi connectivity index (χ0) is 13.8. The molecule has 0 unspecified atom stereocenters. The van der Waals surface area contributed by atoms with Crippen molar-refractivity contribution in [1.82, 2.24) is 5.32 Å². The molecule has 1 aliphatic rings. The Hall–Kier alpha value is -2.09. The van der Waals surface area contributed by atoms with Crippen molar-refractivity contribution in [3.8, 4) is 0 Å². The Morgan fingerprint density at radius 1 is 1.05 bits per heavy atom. The summed E-state index contributed by atoms with van der Waals surface area (Å²) in [4.78, 5) is 12.2. The van der Waals surface area contributed by atoms with Gasteiger partial charge in [-0.05, 0) is 36.0 Å². The minimum atomic E-state index is 0.109. The summed E-state index contributed by atoms with van der Waals surface area (Å²) in [6.45, 7) is 0. The Morgan fingerprint density at radius 3 is 2.65 bits per heavy atom. The fourth-order valence-corrected chi connectivity index (χ4v) is 2.93. The van der Waals surface area contributed by atoms with E-state index in [2.05, 4.69) is 29.6 Å². The molecule has 3 rings (SSSR count). The molecule has 102 valence electrons. The molecule has 2 heteroatoms. The van der Waals surface area contributed by atoms with Gasteiger partial charge < -0.3 is 5.32 Å². The third-order valence-corrected chi connectivity index (χ3v) is 3.91. The third-order valence-electron chi connectivity index (χ3n) is 3.91. The second-order valence-corrected chi connectivity index (χ2v) is 5.37. The molecular formula is C18H19NO. The topological polar surface area (TPSA) is 29.1 Å². The first-order chi connectivity index (χ1) is 9.83.